The molecule has 3 N–H and O–H groups in total. The first-order valence-electron chi connectivity index (χ1n) is 11.6. The number of hydrogen-bond donors (Lipinski definition) is 2. The summed E-state index contributed by atoms with van der Waals surface area (Å²) in [6.45, 7) is 6.19. The quantitative estimate of drug-likeness (QED) is 0.522. The SMILES string of the molecule is CC(C)[C@@H]1[C@H]2C3CCCN3[C@@H](c3ccc(C(=N)N)cc3)[C@H]2C(=O)N1Cc1ccc(Cl)cc1. The maximum absolute atomic E-state index is 14.0. The summed E-state index contributed by atoms with van der Waals surface area (Å²) in [5.74, 6) is 1.06. The molecule has 168 valence electrons. The Morgan fingerprint density at radius 1 is 1.16 bits per heavy atom. The number of amides is 1. The highest BCUT2D eigenvalue weighted by Gasteiger charge is 2.62. The number of nitrogen functional groups attached to an aromatic ring is 1. The Morgan fingerprint density at radius 3 is 2.47 bits per heavy atom. The summed E-state index contributed by atoms with van der Waals surface area (Å²) in [5, 5.41) is 8.42. The van der Waals surface area contributed by atoms with Crippen molar-refractivity contribution in [2.75, 3.05) is 6.54 Å². The molecule has 0 saturated carbocycles. The molecule has 5 rings (SSSR count). The van der Waals surface area contributed by atoms with Gasteiger partial charge in [-0.3, -0.25) is 15.1 Å². The Kier molecular flexibility index (Phi) is 5.50. The van der Waals surface area contributed by atoms with Crippen LogP contribution in [0.25, 0.3) is 0 Å². The Bertz CT molecular complexity index is 1020. The van der Waals surface area contributed by atoms with Gasteiger partial charge in [0.25, 0.3) is 0 Å². The molecule has 2 aromatic carbocycles. The van der Waals surface area contributed by atoms with Crippen LogP contribution in [0.15, 0.2) is 48.5 Å². The predicted octanol–water partition coefficient (Wildman–Crippen LogP) is 4.44. The molecule has 32 heavy (non-hydrogen) atoms. The molecule has 3 fully saturated rings. The Balaban J connectivity index is 1.52. The van der Waals surface area contributed by atoms with E-state index < -0.39 is 0 Å². The molecule has 0 aromatic heterocycles. The minimum absolute atomic E-state index is 0.0248. The van der Waals surface area contributed by atoms with Crippen LogP contribution < -0.4 is 5.73 Å². The minimum Gasteiger partial charge on any atom is -0.384 e. The van der Waals surface area contributed by atoms with E-state index in [0.717, 1.165) is 29.1 Å². The van der Waals surface area contributed by atoms with Crippen molar-refractivity contribution in [1.82, 2.24) is 9.80 Å². The van der Waals surface area contributed by atoms with Crippen LogP contribution in [0.5, 0.6) is 0 Å². The van der Waals surface area contributed by atoms with E-state index in [9.17, 15) is 4.79 Å². The number of fused-ring (bicyclic) bond motifs is 3. The molecular formula is C26H31ClN4O. The summed E-state index contributed by atoms with van der Waals surface area (Å²) in [4.78, 5) is 18.7. The molecule has 0 bridgehead atoms. The summed E-state index contributed by atoms with van der Waals surface area (Å²) in [5.41, 5.74) is 8.68. The summed E-state index contributed by atoms with van der Waals surface area (Å²) >= 11 is 6.09. The van der Waals surface area contributed by atoms with Crippen LogP contribution in [0, 0.1) is 23.2 Å². The number of likely N-dealkylation sites (tertiary alicyclic amines) is 1. The number of amidine groups is 1. The molecule has 5 atom stereocenters. The third-order valence-electron chi connectivity index (χ3n) is 7.73. The lowest BCUT2D eigenvalue weighted by Crippen LogP contribution is -2.44. The average Bonchev–Trinajstić information content (AvgIpc) is 3.42. The zero-order chi connectivity index (χ0) is 22.6. The van der Waals surface area contributed by atoms with Gasteiger partial charge in [-0.25, -0.2) is 0 Å². The molecule has 0 radical (unpaired) electrons. The minimum atomic E-state index is -0.0248. The van der Waals surface area contributed by atoms with Gasteiger partial charge in [-0.2, -0.15) is 0 Å². The summed E-state index contributed by atoms with van der Waals surface area (Å²) in [7, 11) is 0. The topological polar surface area (TPSA) is 73.4 Å². The number of hydrogen-bond acceptors (Lipinski definition) is 3. The van der Waals surface area contributed by atoms with Crippen molar-refractivity contribution >= 4 is 23.3 Å². The fourth-order valence-corrected chi connectivity index (χ4v) is 6.67. The highest BCUT2D eigenvalue weighted by atomic mass is 35.5. The summed E-state index contributed by atoms with van der Waals surface area (Å²) in [6.07, 6.45) is 2.35. The van der Waals surface area contributed by atoms with Gasteiger partial charge in [-0.05, 0) is 48.6 Å². The zero-order valence-electron chi connectivity index (χ0n) is 18.7. The molecule has 0 aliphatic carbocycles. The molecule has 1 unspecified atom stereocenters. The van der Waals surface area contributed by atoms with Gasteiger partial charge < -0.3 is 10.6 Å². The van der Waals surface area contributed by atoms with Crippen molar-refractivity contribution in [3.63, 3.8) is 0 Å². The monoisotopic (exact) mass is 450 g/mol. The molecule has 3 heterocycles. The van der Waals surface area contributed by atoms with E-state index in [-0.39, 0.29) is 29.7 Å². The lowest BCUT2D eigenvalue weighted by molar-refractivity contribution is -0.134. The second-order valence-electron chi connectivity index (χ2n) is 9.86. The first-order chi connectivity index (χ1) is 15.4. The number of halogens is 1. The van der Waals surface area contributed by atoms with E-state index in [4.69, 9.17) is 22.7 Å². The van der Waals surface area contributed by atoms with Gasteiger partial charge in [0.15, 0.2) is 0 Å². The zero-order valence-corrected chi connectivity index (χ0v) is 19.4. The van der Waals surface area contributed by atoms with Gasteiger partial charge in [0.05, 0.1) is 5.92 Å². The third-order valence-corrected chi connectivity index (χ3v) is 7.99. The number of benzene rings is 2. The summed E-state index contributed by atoms with van der Waals surface area (Å²) < 4.78 is 0. The number of nitrogens with zero attached hydrogens (tertiary/aromatic N) is 2. The number of nitrogens with one attached hydrogen (secondary N) is 1. The smallest absolute Gasteiger partial charge is 0.228 e. The third kappa shape index (κ3) is 3.43. The van der Waals surface area contributed by atoms with E-state index in [1.165, 1.54) is 12.0 Å². The Morgan fingerprint density at radius 2 is 1.84 bits per heavy atom. The first kappa shape index (κ1) is 21.5. The first-order valence-corrected chi connectivity index (χ1v) is 12.0. The molecule has 1 amide bonds. The van der Waals surface area contributed by atoms with Gasteiger partial charge in [0.2, 0.25) is 5.91 Å². The fraction of sp³-hybridized carbons (Fsp3) is 0.462. The Hall–Kier alpha value is -2.37. The van der Waals surface area contributed by atoms with Crippen molar-refractivity contribution in [3.05, 3.63) is 70.2 Å². The largest absolute Gasteiger partial charge is 0.384 e. The molecular weight excluding hydrogens is 420 g/mol. The maximum Gasteiger partial charge on any atom is 0.228 e. The van der Waals surface area contributed by atoms with Crippen LogP contribution in [-0.2, 0) is 11.3 Å². The van der Waals surface area contributed by atoms with Gasteiger partial charge in [-0.15, -0.1) is 0 Å². The number of carbonyl (C=O) groups is 1. The second-order valence-corrected chi connectivity index (χ2v) is 10.3. The molecule has 2 aromatic rings. The van der Waals surface area contributed by atoms with Gasteiger partial charge in [0, 0.05) is 41.2 Å². The average molecular weight is 451 g/mol. The number of rotatable bonds is 5. The number of carbonyl (C=O) groups excluding carboxylic acids is 1. The lowest BCUT2D eigenvalue weighted by Gasteiger charge is -2.35. The standard InChI is InChI=1S/C26H31ClN4O/c1-15(2)23-21-20-4-3-13-30(20)24(17-7-9-18(10-8-17)25(28)29)22(21)26(32)31(23)14-16-5-11-19(27)12-6-16/h5-12,15,20-24H,3-4,13-14H2,1-2H3,(H3,28,29)/t20?,21-,22-,23+,24-/m0/s1. The van der Waals surface area contributed by atoms with Crippen molar-refractivity contribution in [2.45, 2.75) is 51.4 Å². The summed E-state index contributed by atoms with van der Waals surface area (Å²) in [6, 6.07) is 16.6. The van der Waals surface area contributed by atoms with Gasteiger partial charge in [-0.1, -0.05) is 61.8 Å². The van der Waals surface area contributed by atoms with Crippen LogP contribution in [0.2, 0.25) is 5.02 Å². The van der Waals surface area contributed by atoms with Crippen LogP contribution in [0.3, 0.4) is 0 Å². The lowest BCUT2D eigenvalue weighted by atomic mass is 9.79. The molecule has 3 aliphatic heterocycles. The van der Waals surface area contributed by atoms with E-state index >= 15 is 0 Å². The predicted molar refractivity (Wildman–Crippen MR) is 128 cm³/mol. The molecule has 6 heteroatoms. The molecule has 3 aliphatic rings. The fourth-order valence-electron chi connectivity index (χ4n) is 6.55. The van der Waals surface area contributed by atoms with Crippen LogP contribution >= 0.6 is 11.6 Å². The molecule has 0 spiro atoms. The highest BCUT2D eigenvalue weighted by Crippen LogP contribution is 2.56. The van der Waals surface area contributed by atoms with Crippen LogP contribution in [0.4, 0.5) is 0 Å². The highest BCUT2D eigenvalue weighted by molar-refractivity contribution is 6.30. The van der Waals surface area contributed by atoms with E-state index in [1.807, 2.05) is 36.4 Å². The maximum atomic E-state index is 14.0. The normalized spacial score (nSPS) is 29.6. The number of nitrogens with two attached hydrogens (primary N) is 1. The molecule has 3 saturated heterocycles. The van der Waals surface area contributed by atoms with Crippen LogP contribution in [0.1, 0.15) is 49.4 Å². The molecule has 5 nitrogen and oxygen atoms in total. The van der Waals surface area contributed by atoms with Crippen LogP contribution in [-0.4, -0.2) is 40.2 Å². The second kappa shape index (κ2) is 8.20. The van der Waals surface area contributed by atoms with Crippen molar-refractivity contribution < 1.29 is 4.79 Å². The van der Waals surface area contributed by atoms with E-state index in [2.05, 4.69) is 35.8 Å². The van der Waals surface area contributed by atoms with Crippen molar-refractivity contribution in [1.29, 1.82) is 5.41 Å². The Labute approximate surface area is 195 Å². The van der Waals surface area contributed by atoms with Crippen molar-refractivity contribution in [3.8, 4) is 0 Å². The van der Waals surface area contributed by atoms with E-state index in [1.54, 1.807) is 0 Å². The van der Waals surface area contributed by atoms with Crippen molar-refractivity contribution in [2.24, 2.45) is 23.5 Å². The van der Waals surface area contributed by atoms with Gasteiger partial charge in [0.1, 0.15) is 5.84 Å². The van der Waals surface area contributed by atoms with Gasteiger partial charge >= 0.3 is 0 Å². The van der Waals surface area contributed by atoms with E-state index in [0.29, 0.717) is 24.4 Å².